The molecule has 1 aliphatic heterocycles. The van der Waals surface area contributed by atoms with Gasteiger partial charge in [0.1, 0.15) is 6.10 Å². The topological polar surface area (TPSA) is 55.8 Å². The van der Waals surface area contributed by atoms with E-state index in [-0.39, 0.29) is 35.2 Å². The summed E-state index contributed by atoms with van der Waals surface area (Å²) in [6, 6.07) is 0. The van der Waals surface area contributed by atoms with Crippen molar-refractivity contribution >= 4 is 14.3 Å². The molecule has 1 N–H and O–H groups in total. The number of esters is 1. The molecular weight excluding hydrogens is 392 g/mol. The average molecular weight is 435 g/mol. The molecule has 0 aromatic heterocycles. The highest BCUT2D eigenvalue weighted by Crippen LogP contribution is 2.44. The Balaban J connectivity index is 1.64. The maximum Gasteiger partial charge on any atom is 0.308 e. The average Bonchev–Trinajstić information content (AvgIpc) is 2.59. The zero-order chi connectivity index (χ0) is 22.3. The van der Waals surface area contributed by atoms with Gasteiger partial charge < -0.3 is 14.3 Å². The minimum Gasteiger partial charge on any atom is -0.462 e. The number of aliphatic hydroxyl groups is 1. The molecule has 1 fully saturated rings. The first kappa shape index (κ1) is 23.7. The summed E-state index contributed by atoms with van der Waals surface area (Å²) >= 11 is 0. The Bertz CT molecular complexity index is 690. The number of rotatable bonds is 5. The van der Waals surface area contributed by atoms with E-state index in [1.807, 2.05) is 0 Å². The Hall–Kier alpha value is -0.913. The molecule has 3 rings (SSSR count). The molecule has 0 unspecified atom stereocenters. The van der Waals surface area contributed by atoms with E-state index in [4.69, 9.17) is 9.16 Å². The summed E-state index contributed by atoms with van der Waals surface area (Å²) in [4.78, 5) is 12.3. The van der Waals surface area contributed by atoms with Gasteiger partial charge in [-0.25, -0.2) is 0 Å². The minimum absolute atomic E-state index is 0.0302. The Morgan fingerprint density at radius 3 is 2.57 bits per heavy atom. The lowest BCUT2D eigenvalue weighted by molar-refractivity contribution is -0.160. The van der Waals surface area contributed by atoms with Gasteiger partial charge in [0, 0.05) is 12.3 Å². The van der Waals surface area contributed by atoms with E-state index in [9.17, 15) is 9.90 Å². The van der Waals surface area contributed by atoms with Crippen LogP contribution in [0.1, 0.15) is 66.7 Å². The number of allylic oxidation sites excluding steroid dienone is 3. The van der Waals surface area contributed by atoms with Gasteiger partial charge in [0.05, 0.1) is 18.6 Å². The lowest BCUT2D eigenvalue weighted by atomic mass is 9.65. The Morgan fingerprint density at radius 2 is 1.90 bits per heavy atom. The van der Waals surface area contributed by atoms with Gasteiger partial charge in [-0.15, -0.1) is 0 Å². The van der Waals surface area contributed by atoms with E-state index in [0.717, 1.165) is 25.7 Å². The fourth-order valence-corrected chi connectivity index (χ4v) is 6.58. The van der Waals surface area contributed by atoms with Crippen molar-refractivity contribution in [3.63, 3.8) is 0 Å². The molecule has 1 heterocycles. The van der Waals surface area contributed by atoms with Crippen molar-refractivity contribution in [1.82, 2.24) is 0 Å². The number of fused-ring (bicyclic) bond motifs is 1. The summed E-state index contributed by atoms with van der Waals surface area (Å²) in [5.41, 5.74) is 1.30. The molecule has 5 heteroatoms. The van der Waals surface area contributed by atoms with E-state index in [2.05, 4.69) is 65.9 Å². The second-order valence-corrected chi connectivity index (χ2v) is 16.2. The first-order valence-corrected chi connectivity index (χ1v) is 14.7. The van der Waals surface area contributed by atoms with Gasteiger partial charge in [-0.3, -0.25) is 4.79 Å². The molecule has 0 aromatic carbocycles. The van der Waals surface area contributed by atoms with E-state index in [1.54, 1.807) is 0 Å². The molecule has 0 radical (unpaired) electrons. The van der Waals surface area contributed by atoms with Gasteiger partial charge >= 0.3 is 5.97 Å². The molecule has 1 saturated heterocycles. The third kappa shape index (κ3) is 5.28. The van der Waals surface area contributed by atoms with Crippen LogP contribution in [0.3, 0.4) is 0 Å². The molecule has 3 aliphatic rings. The van der Waals surface area contributed by atoms with Crippen molar-refractivity contribution in [2.45, 2.75) is 103 Å². The van der Waals surface area contributed by atoms with Crippen molar-refractivity contribution in [3.8, 4) is 0 Å². The number of hydrogen-bond acceptors (Lipinski definition) is 4. The van der Waals surface area contributed by atoms with Crippen LogP contribution in [0.5, 0.6) is 0 Å². The number of cyclic esters (lactones) is 1. The van der Waals surface area contributed by atoms with Gasteiger partial charge in [-0.2, -0.15) is 0 Å². The van der Waals surface area contributed by atoms with E-state index < -0.39 is 8.32 Å². The molecule has 2 aliphatic carbocycles. The standard InChI is InChI=1S/C25H42O4Si/c1-16-12-18-9-8-17(2)21(24(18)22(26)13-16)11-10-19-14-20(15-23(27)28-19)29-30(6,7)25(3,4)5/h8-9,12,16-17,19-22,24,26H,10-11,13-15H2,1-7H3/t16-,17+,19+,20+,21-,22-,24-/m0/s1. The summed E-state index contributed by atoms with van der Waals surface area (Å²) in [7, 11) is -1.91. The molecule has 0 spiro atoms. The first-order chi connectivity index (χ1) is 13.9. The van der Waals surface area contributed by atoms with Crippen LogP contribution in [0.4, 0.5) is 0 Å². The number of aliphatic hydroxyl groups excluding tert-OH is 1. The van der Waals surface area contributed by atoms with Crippen LogP contribution in [0, 0.1) is 23.7 Å². The van der Waals surface area contributed by atoms with Crippen LogP contribution < -0.4 is 0 Å². The molecule has 0 saturated carbocycles. The molecule has 0 amide bonds. The molecule has 30 heavy (non-hydrogen) atoms. The van der Waals surface area contributed by atoms with E-state index in [0.29, 0.717) is 24.2 Å². The summed E-state index contributed by atoms with van der Waals surface area (Å²) in [5.74, 6) is 1.33. The van der Waals surface area contributed by atoms with Crippen molar-refractivity contribution < 1.29 is 19.1 Å². The summed E-state index contributed by atoms with van der Waals surface area (Å²) in [6.45, 7) is 15.6. The number of ether oxygens (including phenoxy) is 1. The van der Waals surface area contributed by atoms with Crippen LogP contribution in [0.15, 0.2) is 23.8 Å². The smallest absolute Gasteiger partial charge is 0.308 e. The second kappa shape index (κ2) is 8.91. The molecule has 7 atom stereocenters. The monoisotopic (exact) mass is 434 g/mol. The highest BCUT2D eigenvalue weighted by Gasteiger charge is 2.42. The quantitative estimate of drug-likeness (QED) is 0.450. The molecule has 4 nitrogen and oxygen atoms in total. The highest BCUT2D eigenvalue weighted by molar-refractivity contribution is 6.74. The van der Waals surface area contributed by atoms with Crippen LogP contribution in [0.2, 0.25) is 18.1 Å². The Kier molecular flexibility index (Phi) is 7.05. The zero-order valence-corrected chi connectivity index (χ0v) is 21.0. The van der Waals surface area contributed by atoms with Gasteiger partial charge in [0.15, 0.2) is 8.32 Å². The van der Waals surface area contributed by atoms with Crippen molar-refractivity contribution in [2.24, 2.45) is 23.7 Å². The van der Waals surface area contributed by atoms with E-state index in [1.165, 1.54) is 5.57 Å². The predicted molar refractivity (Wildman–Crippen MR) is 124 cm³/mol. The van der Waals surface area contributed by atoms with Crippen LogP contribution in [-0.2, 0) is 14.0 Å². The SMILES string of the molecule is C[C@@H]1C=CC2=C[C@H](C)C[C@H](O)[C@@H]2[C@H]1CC[C@@H]1C[C@@H](O[Si](C)(C)C(C)(C)C)CC(=O)O1. The first-order valence-electron chi connectivity index (χ1n) is 11.8. The summed E-state index contributed by atoms with van der Waals surface area (Å²) in [6.07, 6.45) is 10.3. The van der Waals surface area contributed by atoms with Crippen molar-refractivity contribution in [3.05, 3.63) is 23.8 Å². The Labute approximate surface area is 184 Å². The molecular formula is C25H42O4Si. The third-order valence-electron chi connectivity index (χ3n) is 7.93. The molecule has 170 valence electrons. The lowest BCUT2D eigenvalue weighted by Gasteiger charge is -2.43. The maximum atomic E-state index is 12.3. The summed E-state index contributed by atoms with van der Waals surface area (Å²) < 4.78 is 12.3. The summed E-state index contributed by atoms with van der Waals surface area (Å²) in [5, 5.41) is 10.9. The van der Waals surface area contributed by atoms with Crippen LogP contribution in [0.25, 0.3) is 0 Å². The number of carbonyl (C=O) groups is 1. The number of hydrogen-bond donors (Lipinski definition) is 1. The fraction of sp³-hybridized carbons (Fsp3) is 0.800. The predicted octanol–water partition coefficient (Wildman–Crippen LogP) is 5.63. The third-order valence-corrected chi connectivity index (χ3v) is 12.5. The van der Waals surface area contributed by atoms with Gasteiger partial charge in [0.2, 0.25) is 0 Å². The fourth-order valence-electron chi connectivity index (χ4n) is 5.21. The largest absolute Gasteiger partial charge is 0.462 e. The van der Waals surface area contributed by atoms with Crippen LogP contribution >= 0.6 is 0 Å². The maximum absolute atomic E-state index is 12.3. The zero-order valence-electron chi connectivity index (χ0n) is 20.0. The molecule has 0 bridgehead atoms. The van der Waals surface area contributed by atoms with Crippen molar-refractivity contribution in [2.75, 3.05) is 0 Å². The second-order valence-electron chi connectivity index (χ2n) is 11.5. The minimum atomic E-state index is -1.91. The van der Waals surface area contributed by atoms with Crippen LogP contribution in [-0.4, -0.2) is 37.7 Å². The normalized spacial score (nSPS) is 37.4. The van der Waals surface area contributed by atoms with Crippen molar-refractivity contribution in [1.29, 1.82) is 0 Å². The highest BCUT2D eigenvalue weighted by atomic mass is 28.4. The number of carbonyl (C=O) groups excluding carboxylic acids is 1. The van der Waals surface area contributed by atoms with Gasteiger partial charge in [-0.05, 0) is 60.7 Å². The van der Waals surface area contributed by atoms with E-state index >= 15 is 0 Å². The van der Waals surface area contributed by atoms with Gasteiger partial charge in [-0.1, -0.05) is 52.8 Å². The lowest BCUT2D eigenvalue weighted by Crippen LogP contribution is -2.47. The van der Waals surface area contributed by atoms with Gasteiger partial charge in [0.25, 0.3) is 0 Å². The molecule has 0 aromatic rings. The Morgan fingerprint density at radius 1 is 1.20 bits per heavy atom.